The van der Waals surface area contributed by atoms with E-state index in [1.807, 2.05) is 11.8 Å². The van der Waals surface area contributed by atoms with Crippen molar-refractivity contribution < 1.29 is 15.0 Å². The van der Waals surface area contributed by atoms with Crippen molar-refractivity contribution in [2.45, 2.75) is 38.6 Å². The third kappa shape index (κ3) is 2.58. The molecular weight excluding hydrogens is 230 g/mol. The lowest BCUT2D eigenvalue weighted by Gasteiger charge is -2.27. The summed E-state index contributed by atoms with van der Waals surface area (Å²) in [7, 11) is 0. The van der Waals surface area contributed by atoms with Crippen LogP contribution in [0.2, 0.25) is 0 Å². The Morgan fingerprint density at radius 1 is 1.28 bits per heavy atom. The number of aromatic hydroxyl groups is 2. The van der Waals surface area contributed by atoms with Crippen LogP contribution in [0.1, 0.15) is 43.0 Å². The molecule has 1 aromatic rings. The van der Waals surface area contributed by atoms with Gasteiger partial charge in [-0.15, -0.1) is 0 Å². The molecule has 4 nitrogen and oxygen atoms in total. The Hall–Kier alpha value is -1.71. The van der Waals surface area contributed by atoms with Gasteiger partial charge in [0, 0.05) is 18.7 Å². The van der Waals surface area contributed by atoms with Gasteiger partial charge in [-0.3, -0.25) is 4.79 Å². The van der Waals surface area contributed by atoms with Crippen LogP contribution >= 0.6 is 0 Å². The summed E-state index contributed by atoms with van der Waals surface area (Å²) < 4.78 is 0. The molecule has 0 aromatic heterocycles. The first kappa shape index (κ1) is 12.7. The molecule has 1 aromatic carbocycles. The second kappa shape index (κ2) is 5.29. The fourth-order valence-corrected chi connectivity index (χ4v) is 2.43. The van der Waals surface area contributed by atoms with Gasteiger partial charge in [0.25, 0.3) is 5.91 Å². The van der Waals surface area contributed by atoms with E-state index in [4.69, 9.17) is 0 Å². The Morgan fingerprint density at radius 2 is 2.06 bits per heavy atom. The molecule has 1 aliphatic rings. The summed E-state index contributed by atoms with van der Waals surface area (Å²) in [6.07, 6.45) is 4.31. The van der Waals surface area contributed by atoms with Crippen LogP contribution in [0, 0.1) is 0 Å². The van der Waals surface area contributed by atoms with Crippen molar-refractivity contribution in [3.8, 4) is 11.5 Å². The van der Waals surface area contributed by atoms with Crippen molar-refractivity contribution in [1.82, 2.24) is 4.90 Å². The average Bonchev–Trinajstić information content (AvgIpc) is 2.53. The van der Waals surface area contributed by atoms with Crippen LogP contribution in [0.3, 0.4) is 0 Å². The van der Waals surface area contributed by atoms with Gasteiger partial charge in [-0.05, 0) is 31.9 Å². The molecule has 1 amide bonds. The van der Waals surface area contributed by atoms with Gasteiger partial charge in [0.15, 0.2) is 0 Å². The van der Waals surface area contributed by atoms with Crippen molar-refractivity contribution in [3.05, 3.63) is 23.8 Å². The molecule has 0 bridgehead atoms. The number of phenolic OH excluding ortho intramolecular Hbond substituents is 2. The van der Waals surface area contributed by atoms with Crippen LogP contribution in [0.5, 0.6) is 11.5 Å². The van der Waals surface area contributed by atoms with Crippen LogP contribution in [-0.4, -0.2) is 33.6 Å². The molecule has 1 fully saturated rings. The summed E-state index contributed by atoms with van der Waals surface area (Å²) >= 11 is 0. The first-order valence-electron chi connectivity index (χ1n) is 6.42. The van der Waals surface area contributed by atoms with Crippen molar-refractivity contribution in [2.24, 2.45) is 0 Å². The average molecular weight is 249 g/mol. The number of carbonyl (C=O) groups is 1. The molecule has 0 aliphatic carbocycles. The number of phenols is 2. The molecule has 4 heteroatoms. The standard InChI is InChI=1S/C14H19NO3/c1-10-5-3-2-4-8-15(10)14(18)12-7-6-11(16)9-13(12)17/h6-7,9-10,16-17H,2-5,8H2,1H3. The molecule has 98 valence electrons. The minimum atomic E-state index is -0.156. The van der Waals surface area contributed by atoms with Crippen LogP contribution in [-0.2, 0) is 0 Å². The summed E-state index contributed by atoms with van der Waals surface area (Å²) in [5.74, 6) is -0.341. The highest BCUT2D eigenvalue weighted by Gasteiger charge is 2.24. The number of benzene rings is 1. The molecule has 2 N–H and O–H groups in total. The van der Waals surface area contributed by atoms with Gasteiger partial charge in [0.05, 0.1) is 5.56 Å². The highest BCUT2D eigenvalue weighted by atomic mass is 16.3. The van der Waals surface area contributed by atoms with Crippen molar-refractivity contribution in [3.63, 3.8) is 0 Å². The van der Waals surface area contributed by atoms with E-state index in [1.54, 1.807) is 0 Å². The Morgan fingerprint density at radius 3 is 2.78 bits per heavy atom. The number of likely N-dealkylation sites (tertiary alicyclic amines) is 1. The Kier molecular flexibility index (Phi) is 3.75. The van der Waals surface area contributed by atoms with Gasteiger partial charge in [0.1, 0.15) is 11.5 Å². The predicted octanol–water partition coefficient (Wildman–Crippen LogP) is 2.50. The number of rotatable bonds is 1. The summed E-state index contributed by atoms with van der Waals surface area (Å²) in [5, 5.41) is 19.0. The Labute approximate surface area is 107 Å². The second-order valence-corrected chi connectivity index (χ2v) is 4.90. The minimum Gasteiger partial charge on any atom is -0.508 e. The summed E-state index contributed by atoms with van der Waals surface area (Å²) in [5.41, 5.74) is 0.265. The molecule has 1 saturated heterocycles. The molecule has 1 heterocycles. The lowest BCUT2D eigenvalue weighted by molar-refractivity contribution is 0.0695. The van der Waals surface area contributed by atoms with E-state index in [-0.39, 0.29) is 29.0 Å². The lowest BCUT2D eigenvalue weighted by atomic mass is 10.1. The number of hydrogen-bond acceptors (Lipinski definition) is 3. The fraction of sp³-hybridized carbons (Fsp3) is 0.500. The van der Waals surface area contributed by atoms with E-state index in [9.17, 15) is 15.0 Å². The van der Waals surface area contributed by atoms with Crippen LogP contribution in [0.25, 0.3) is 0 Å². The predicted molar refractivity (Wildman–Crippen MR) is 68.7 cm³/mol. The molecule has 0 radical (unpaired) electrons. The van der Waals surface area contributed by atoms with Crippen molar-refractivity contribution >= 4 is 5.91 Å². The van der Waals surface area contributed by atoms with Gasteiger partial charge in [-0.25, -0.2) is 0 Å². The summed E-state index contributed by atoms with van der Waals surface area (Å²) in [6, 6.07) is 4.31. The topological polar surface area (TPSA) is 60.8 Å². The van der Waals surface area contributed by atoms with Crippen molar-refractivity contribution in [1.29, 1.82) is 0 Å². The fourth-order valence-electron chi connectivity index (χ4n) is 2.43. The highest BCUT2D eigenvalue weighted by molar-refractivity contribution is 5.97. The maximum absolute atomic E-state index is 12.4. The van der Waals surface area contributed by atoms with Gasteiger partial charge >= 0.3 is 0 Å². The Bertz CT molecular complexity index is 445. The summed E-state index contributed by atoms with van der Waals surface area (Å²) in [4.78, 5) is 14.2. The van der Waals surface area contributed by atoms with Crippen molar-refractivity contribution in [2.75, 3.05) is 6.54 Å². The second-order valence-electron chi connectivity index (χ2n) is 4.90. The molecule has 2 rings (SSSR count). The third-order valence-corrected chi connectivity index (χ3v) is 3.53. The van der Waals surface area contributed by atoms with Crippen LogP contribution in [0.15, 0.2) is 18.2 Å². The molecule has 0 saturated carbocycles. The number of nitrogens with zero attached hydrogens (tertiary/aromatic N) is 1. The number of amides is 1. The molecule has 1 atom stereocenters. The monoisotopic (exact) mass is 249 g/mol. The zero-order chi connectivity index (χ0) is 13.1. The molecule has 0 spiro atoms. The largest absolute Gasteiger partial charge is 0.508 e. The highest BCUT2D eigenvalue weighted by Crippen LogP contribution is 2.26. The van der Waals surface area contributed by atoms with E-state index < -0.39 is 0 Å². The van der Waals surface area contributed by atoms with Gasteiger partial charge < -0.3 is 15.1 Å². The summed E-state index contributed by atoms with van der Waals surface area (Å²) in [6.45, 7) is 2.78. The first-order chi connectivity index (χ1) is 8.59. The number of carbonyl (C=O) groups excluding carboxylic acids is 1. The van der Waals surface area contributed by atoms with E-state index in [1.165, 1.54) is 18.2 Å². The minimum absolute atomic E-state index is 0.0343. The van der Waals surface area contributed by atoms with E-state index >= 15 is 0 Å². The zero-order valence-corrected chi connectivity index (χ0v) is 10.6. The smallest absolute Gasteiger partial charge is 0.257 e. The molecule has 18 heavy (non-hydrogen) atoms. The Balaban J connectivity index is 2.23. The number of hydrogen-bond donors (Lipinski definition) is 2. The van der Waals surface area contributed by atoms with Gasteiger partial charge in [0.2, 0.25) is 0 Å². The molecular formula is C14H19NO3. The van der Waals surface area contributed by atoms with Crippen LogP contribution < -0.4 is 0 Å². The van der Waals surface area contributed by atoms with Crippen LogP contribution in [0.4, 0.5) is 0 Å². The maximum atomic E-state index is 12.4. The van der Waals surface area contributed by atoms with E-state index in [0.717, 1.165) is 32.2 Å². The van der Waals surface area contributed by atoms with E-state index in [0.29, 0.717) is 0 Å². The van der Waals surface area contributed by atoms with Gasteiger partial charge in [-0.1, -0.05) is 12.8 Å². The van der Waals surface area contributed by atoms with Gasteiger partial charge in [-0.2, -0.15) is 0 Å². The zero-order valence-electron chi connectivity index (χ0n) is 10.6. The van der Waals surface area contributed by atoms with E-state index in [2.05, 4.69) is 0 Å². The SMILES string of the molecule is CC1CCCCCN1C(=O)c1ccc(O)cc1O. The molecule has 1 unspecified atom stereocenters. The lowest BCUT2D eigenvalue weighted by Crippen LogP contribution is -2.38. The third-order valence-electron chi connectivity index (χ3n) is 3.53. The maximum Gasteiger partial charge on any atom is 0.257 e. The normalized spacial score (nSPS) is 20.5. The molecule has 1 aliphatic heterocycles. The first-order valence-corrected chi connectivity index (χ1v) is 6.42. The quantitative estimate of drug-likeness (QED) is 0.804.